The first-order valence-corrected chi connectivity index (χ1v) is 3.88. The van der Waals surface area contributed by atoms with Crippen LogP contribution in [0.3, 0.4) is 0 Å². The smallest absolute Gasteiger partial charge is 0.329 e. The van der Waals surface area contributed by atoms with Gasteiger partial charge in [-0.3, -0.25) is 10.4 Å². The van der Waals surface area contributed by atoms with Crippen molar-refractivity contribution >= 4 is 6.03 Å². The highest BCUT2D eigenvalue weighted by Crippen LogP contribution is 2.03. The molecular weight excluding hydrogens is 168 g/mol. The topological polar surface area (TPSA) is 80.0 Å². The van der Waals surface area contributed by atoms with Gasteiger partial charge in [0, 0.05) is 18.9 Å². The molecule has 1 rings (SSSR count). The van der Waals surface area contributed by atoms with Gasteiger partial charge in [-0.05, 0) is 24.1 Å². The summed E-state index contributed by atoms with van der Waals surface area (Å²) < 4.78 is 0. The van der Waals surface area contributed by atoms with Gasteiger partial charge in [-0.15, -0.1) is 0 Å². The molecule has 0 spiro atoms. The van der Waals surface area contributed by atoms with E-state index in [0.717, 1.165) is 11.1 Å². The van der Waals surface area contributed by atoms with Crippen molar-refractivity contribution in [3.05, 3.63) is 29.6 Å². The maximum absolute atomic E-state index is 10.7. The number of hydrogen-bond acceptors (Lipinski definition) is 3. The summed E-state index contributed by atoms with van der Waals surface area (Å²) in [5, 5.41) is 2.57. The molecule has 2 amide bonds. The second-order valence-electron chi connectivity index (χ2n) is 2.63. The molecule has 0 atom stereocenters. The summed E-state index contributed by atoms with van der Waals surface area (Å²) >= 11 is 0. The summed E-state index contributed by atoms with van der Waals surface area (Å²) in [6.07, 6.45) is 3.42. The highest BCUT2D eigenvalue weighted by Gasteiger charge is 1.99. The normalized spacial score (nSPS) is 9.38. The molecule has 4 N–H and O–H groups in total. The van der Waals surface area contributed by atoms with Crippen molar-refractivity contribution in [2.75, 3.05) is 0 Å². The van der Waals surface area contributed by atoms with Gasteiger partial charge in [0.15, 0.2) is 0 Å². The highest BCUT2D eigenvalue weighted by atomic mass is 16.2. The quantitative estimate of drug-likeness (QED) is 0.342. The Morgan fingerprint density at radius 3 is 3.08 bits per heavy atom. The molecule has 0 radical (unpaired) electrons. The predicted molar refractivity (Wildman–Crippen MR) is 48.5 cm³/mol. The molecule has 0 bridgehead atoms. The summed E-state index contributed by atoms with van der Waals surface area (Å²) in [4.78, 5) is 14.7. The fourth-order valence-corrected chi connectivity index (χ4v) is 0.908. The first kappa shape index (κ1) is 9.47. The molecule has 70 valence electrons. The molecule has 5 heteroatoms. The summed E-state index contributed by atoms with van der Waals surface area (Å²) in [6, 6.07) is 1.49. The van der Waals surface area contributed by atoms with Crippen LogP contribution in [0.4, 0.5) is 4.79 Å². The van der Waals surface area contributed by atoms with Crippen LogP contribution in [0.5, 0.6) is 0 Å². The summed E-state index contributed by atoms with van der Waals surface area (Å²) in [5.74, 6) is 4.90. The zero-order chi connectivity index (χ0) is 9.68. The Bertz CT molecular complexity index is 300. The Balaban J connectivity index is 2.54. The number of pyridine rings is 1. The van der Waals surface area contributed by atoms with Crippen molar-refractivity contribution in [2.45, 2.75) is 13.5 Å². The van der Waals surface area contributed by atoms with E-state index in [9.17, 15) is 4.79 Å². The summed E-state index contributed by atoms with van der Waals surface area (Å²) in [6.45, 7) is 2.39. The molecule has 0 aliphatic heterocycles. The van der Waals surface area contributed by atoms with E-state index < -0.39 is 6.03 Å². The van der Waals surface area contributed by atoms with Crippen LogP contribution in [-0.2, 0) is 6.54 Å². The minimum absolute atomic E-state index is 0.400. The summed E-state index contributed by atoms with van der Waals surface area (Å²) in [5.41, 5.74) is 4.05. The number of urea groups is 1. The Hall–Kier alpha value is -1.62. The van der Waals surface area contributed by atoms with E-state index in [4.69, 9.17) is 5.84 Å². The molecule has 0 aromatic carbocycles. The number of nitrogens with one attached hydrogen (secondary N) is 2. The Kier molecular flexibility index (Phi) is 3.22. The Morgan fingerprint density at radius 2 is 2.46 bits per heavy atom. The lowest BCUT2D eigenvalue weighted by molar-refractivity contribution is 0.240. The van der Waals surface area contributed by atoms with Crippen LogP contribution in [0.15, 0.2) is 18.5 Å². The molecule has 1 aromatic heterocycles. The number of aryl methyl sites for hydroxylation is 1. The van der Waals surface area contributed by atoms with E-state index in [1.54, 1.807) is 12.4 Å². The third-order valence-corrected chi connectivity index (χ3v) is 1.72. The van der Waals surface area contributed by atoms with Crippen molar-refractivity contribution in [3.8, 4) is 0 Å². The first-order chi connectivity index (χ1) is 6.24. The molecule has 0 aliphatic carbocycles. The van der Waals surface area contributed by atoms with Gasteiger partial charge in [0.25, 0.3) is 0 Å². The Morgan fingerprint density at radius 1 is 1.69 bits per heavy atom. The van der Waals surface area contributed by atoms with Crippen LogP contribution in [0.25, 0.3) is 0 Å². The molecular formula is C8H12N4O. The second kappa shape index (κ2) is 4.42. The molecule has 1 heterocycles. The minimum atomic E-state index is -0.400. The van der Waals surface area contributed by atoms with Crippen molar-refractivity contribution < 1.29 is 4.79 Å². The van der Waals surface area contributed by atoms with Crippen molar-refractivity contribution in [1.29, 1.82) is 0 Å². The number of amides is 2. The van der Waals surface area contributed by atoms with Gasteiger partial charge in [-0.25, -0.2) is 10.6 Å². The van der Waals surface area contributed by atoms with Crippen LogP contribution in [0.1, 0.15) is 11.1 Å². The van der Waals surface area contributed by atoms with Gasteiger partial charge in [-0.1, -0.05) is 0 Å². The van der Waals surface area contributed by atoms with Crippen LogP contribution >= 0.6 is 0 Å². The van der Waals surface area contributed by atoms with E-state index in [0.29, 0.717) is 6.54 Å². The number of carbonyl (C=O) groups is 1. The third-order valence-electron chi connectivity index (χ3n) is 1.72. The maximum Gasteiger partial charge on any atom is 0.329 e. The van der Waals surface area contributed by atoms with Crippen LogP contribution in [-0.4, -0.2) is 11.0 Å². The van der Waals surface area contributed by atoms with Crippen molar-refractivity contribution in [3.63, 3.8) is 0 Å². The van der Waals surface area contributed by atoms with E-state index in [2.05, 4.69) is 10.3 Å². The number of rotatable bonds is 2. The highest BCUT2D eigenvalue weighted by molar-refractivity contribution is 5.73. The van der Waals surface area contributed by atoms with E-state index in [-0.39, 0.29) is 0 Å². The van der Waals surface area contributed by atoms with Crippen LogP contribution in [0, 0.1) is 6.92 Å². The lowest BCUT2D eigenvalue weighted by Gasteiger charge is -2.05. The van der Waals surface area contributed by atoms with Gasteiger partial charge in [0.2, 0.25) is 0 Å². The average Bonchev–Trinajstić information content (AvgIpc) is 2.16. The zero-order valence-corrected chi connectivity index (χ0v) is 7.37. The second-order valence-corrected chi connectivity index (χ2v) is 2.63. The van der Waals surface area contributed by atoms with Gasteiger partial charge < -0.3 is 5.32 Å². The number of nitrogens with two attached hydrogens (primary N) is 1. The van der Waals surface area contributed by atoms with Crippen LogP contribution in [0.2, 0.25) is 0 Å². The monoisotopic (exact) mass is 180 g/mol. The largest absolute Gasteiger partial charge is 0.333 e. The number of nitrogens with zero attached hydrogens (tertiary/aromatic N) is 1. The van der Waals surface area contributed by atoms with E-state index >= 15 is 0 Å². The number of aromatic nitrogens is 1. The van der Waals surface area contributed by atoms with Gasteiger partial charge in [0.1, 0.15) is 0 Å². The molecule has 0 unspecified atom stereocenters. The molecule has 5 nitrogen and oxygen atoms in total. The SMILES string of the molecule is Cc1ccncc1CNC(=O)NN. The summed E-state index contributed by atoms with van der Waals surface area (Å²) in [7, 11) is 0. The standard InChI is InChI=1S/C8H12N4O/c1-6-2-3-10-4-7(6)5-11-8(13)12-9/h2-4H,5,9H2,1H3,(H2,11,12,13). The number of hydrazine groups is 1. The van der Waals surface area contributed by atoms with E-state index in [1.165, 1.54) is 0 Å². The maximum atomic E-state index is 10.7. The number of hydrogen-bond donors (Lipinski definition) is 3. The van der Waals surface area contributed by atoms with Gasteiger partial charge in [-0.2, -0.15) is 0 Å². The molecule has 0 aliphatic rings. The predicted octanol–water partition coefficient (Wildman–Crippen LogP) is 0.0629. The van der Waals surface area contributed by atoms with Gasteiger partial charge >= 0.3 is 6.03 Å². The van der Waals surface area contributed by atoms with Gasteiger partial charge in [0.05, 0.1) is 0 Å². The zero-order valence-electron chi connectivity index (χ0n) is 7.37. The van der Waals surface area contributed by atoms with Crippen molar-refractivity contribution in [2.24, 2.45) is 5.84 Å². The lowest BCUT2D eigenvalue weighted by Crippen LogP contribution is -2.39. The fourth-order valence-electron chi connectivity index (χ4n) is 0.908. The third kappa shape index (κ3) is 2.72. The molecule has 13 heavy (non-hydrogen) atoms. The van der Waals surface area contributed by atoms with Crippen LogP contribution < -0.4 is 16.6 Å². The number of carbonyl (C=O) groups excluding carboxylic acids is 1. The Labute approximate surface area is 76.3 Å². The molecule has 0 saturated carbocycles. The average molecular weight is 180 g/mol. The minimum Gasteiger partial charge on any atom is -0.333 e. The van der Waals surface area contributed by atoms with Crippen molar-refractivity contribution in [1.82, 2.24) is 15.7 Å². The fraction of sp³-hybridized carbons (Fsp3) is 0.250. The molecule has 0 fully saturated rings. The molecule has 1 aromatic rings. The lowest BCUT2D eigenvalue weighted by atomic mass is 10.2. The van der Waals surface area contributed by atoms with E-state index in [1.807, 2.05) is 18.4 Å². The first-order valence-electron chi connectivity index (χ1n) is 3.88. The molecule has 0 saturated heterocycles.